The predicted molar refractivity (Wildman–Crippen MR) is 128 cm³/mol. The molecule has 1 heterocycles. The van der Waals surface area contributed by atoms with Crippen LogP contribution < -0.4 is 15.4 Å². The zero-order valence-electron chi connectivity index (χ0n) is 17.7. The Morgan fingerprint density at radius 3 is 2.50 bits per heavy atom. The lowest BCUT2D eigenvalue weighted by Crippen LogP contribution is -2.21. The number of esters is 1. The summed E-state index contributed by atoms with van der Waals surface area (Å²) in [4.78, 5) is 13.7. The number of aryl methyl sites for hydroxylation is 2. The van der Waals surface area contributed by atoms with E-state index in [2.05, 4.69) is 15.4 Å². The summed E-state index contributed by atoms with van der Waals surface area (Å²) < 4.78 is 35.4. The minimum Gasteiger partial charge on any atom is -0.462 e. The standard InChI is InChI=1S/C23H22F2N2O3S2/c1-4-29-21(28)19-18(15-8-6-5-7-9-15)14(3)32-20(19)27-23(31)26-16-12-13(2)10-11-17(16)30-22(24)25/h5-12,22H,4H2,1-3H3,(H2,26,27,31). The second-order valence-corrected chi connectivity index (χ2v) is 8.41. The maximum Gasteiger partial charge on any atom is 0.387 e. The quantitative estimate of drug-likeness (QED) is 0.295. The van der Waals surface area contributed by atoms with Gasteiger partial charge in [0, 0.05) is 10.4 Å². The molecule has 0 spiro atoms. The first-order valence-electron chi connectivity index (χ1n) is 9.79. The molecule has 32 heavy (non-hydrogen) atoms. The highest BCUT2D eigenvalue weighted by atomic mass is 32.1. The van der Waals surface area contributed by atoms with Gasteiger partial charge in [-0.2, -0.15) is 8.78 Å². The highest BCUT2D eigenvalue weighted by Crippen LogP contribution is 2.40. The van der Waals surface area contributed by atoms with Gasteiger partial charge in [-0.15, -0.1) is 11.3 Å². The Labute approximate surface area is 194 Å². The number of thiocarbonyl (C=S) groups is 1. The third kappa shape index (κ3) is 5.60. The molecule has 168 valence electrons. The molecule has 3 aromatic rings. The van der Waals surface area contributed by atoms with E-state index in [1.807, 2.05) is 44.2 Å². The van der Waals surface area contributed by atoms with Gasteiger partial charge in [0.2, 0.25) is 0 Å². The summed E-state index contributed by atoms with van der Waals surface area (Å²) >= 11 is 6.76. The van der Waals surface area contributed by atoms with E-state index in [0.29, 0.717) is 10.6 Å². The third-order valence-electron chi connectivity index (χ3n) is 4.45. The minimum atomic E-state index is -2.97. The number of carbonyl (C=O) groups is 1. The van der Waals surface area contributed by atoms with Crippen molar-refractivity contribution in [2.75, 3.05) is 17.2 Å². The van der Waals surface area contributed by atoms with Crippen LogP contribution in [0.5, 0.6) is 5.75 Å². The fraction of sp³-hybridized carbons (Fsp3) is 0.217. The van der Waals surface area contributed by atoms with Gasteiger partial charge in [-0.1, -0.05) is 36.4 Å². The van der Waals surface area contributed by atoms with Gasteiger partial charge in [-0.3, -0.25) is 0 Å². The first kappa shape index (κ1) is 23.6. The van der Waals surface area contributed by atoms with E-state index in [0.717, 1.165) is 21.6 Å². The molecule has 1 aromatic heterocycles. The number of benzene rings is 2. The van der Waals surface area contributed by atoms with Crippen LogP contribution >= 0.6 is 23.6 Å². The summed E-state index contributed by atoms with van der Waals surface area (Å²) in [6, 6.07) is 14.3. The topological polar surface area (TPSA) is 59.6 Å². The van der Waals surface area contributed by atoms with Crippen molar-refractivity contribution in [3.8, 4) is 16.9 Å². The van der Waals surface area contributed by atoms with Crippen molar-refractivity contribution in [2.24, 2.45) is 0 Å². The van der Waals surface area contributed by atoms with Gasteiger partial charge < -0.3 is 20.1 Å². The highest BCUT2D eigenvalue weighted by molar-refractivity contribution is 7.80. The van der Waals surface area contributed by atoms with E-state index in [4.69, 9.17) is 17.0 Å². The van der Waals surface area contributed by atoms with E-state index in [9.17, 15) is 13.6 Å². The second-order valence-electron chi connectivity index (χ2n) is 6.78. The van der Waals surface area contributed by atoms with E-state index in [1.54, 1.807) is 19.1 Å². The number of alkyl halides is 2. The van der Waals surface area contributed by atoms with Crippen LogP contribution in [0.2, 0.25) is 0 Å². The second kappa shape index (κ2) is 10.5. The molecular weight excluding hydrogens is 454 g/mol. The Morgan fingerprint density at radius 2 is 1.84 bits per heavy atom. The number of carbonyl (C=O) groups excluding carboxylic acids is 1. The summed E-state index contributed by atoms with van der Waals surface area (Å²) in [7, 11) is 0. The lowest BCUT2D eigenvalue weighted by Gasteiger charge is -2.15. The van der Waals surface area contributed by atoms with Gasteiger partial charge in [-0.05, 0) is 56.2 Å². The first-order valence-corrected chi connectivity index (χ1v) is 11.0. The molecule has 0 radical (unpaired) electrons. The maximum absolute atomic E-state index is 12.8. The Balaban J connectivity index is 1.93. The molecule has 0 aliphatic rings. The van der Waals surface area contributed by atoms with Crippen LogP contribution in [0, 0.1) is 13.8 Å². The summed E-state index contributed by atoms with van der Waals surface area (Å²) in [5.41, 5.74) is 3.14. The van der Waals surface area contributed by atoms with Crippen molar-refractivity contribution >= 4 is 45.3 Å². The smallest absolute Gasteiger partial charge is 0.387 e. The van der Waals surface area contributed by atoms with Crippen LogP contribution in [-0.4, -0.2) is 24.3 Å². The summed E-state index contributed by atoms with van der Waals surface area (Å²) in [6.07, 6.45) is 0. The molecule has 2 aromatic carbocycles. The largest absolute Gasteiger partial charge is 0.462 e. The van der Waals surface area contributed by atoms with Crippen molar-refractivity contribution in [2.45, 2.75) is 27.4 Å². The molecule has 0 saturated carbocycles. The van der Waals surface area contributed by atoms with E-state index in [-0.39, 0.29) is 23.2 Å². The molecule has 9 heteroatoms. The number of nitrogens with one attached hydrogen (secondary N) is 2. The average molecular weight is 477 g/mol. The summed E-state index contributed by atoms with van der Waals surface area (Å²) in [5.74, 6) is -0.508. The molecule has 0 fully saturated rings. The number of ether oxygens (including phenoxy) is 2. The molecular formula is C23H22F2N2O3S2. The molecule has 0 amide bonds. The number of rotatable bonds is 7. The fourth-order valence-corrected chi connectivity index (χ4v) is 4.53. The van der Waals surface area contributed by atoms with Crippen LogP contribution in [0.15, 0.2) is 48.5 Å². The van der Waals surface area contributed by atoms with E-state index >= 15 is 0 Å². The number of thiophene rings is 1. The third-order valence-corrected chi connectivity index (χ3v) is 5.68. The van der Waals surface area contributed by atoms with Crippen LogP contribution in [0.25, 0.3) is 11.1 Å². The molecule has 0 atom stereocenters. The van der Waals surface area contributed by atoms with E-state index in [1.165, 1.54) is 17.4 Å². The predicted octanol–water partition coefficient (Wildman–Crippen LogP) is 6.62. The monoisotopic (exact) mass is 476 g/mol. The lowest BCUT2D eigenvalue weighted by molar-refractivity contribution is -0.0493. The minimum absolute atomic E-state index is 0.0345. The van der Waals surface area contributed by atoms with E-state index < -0.39 is 12.6 Å². The normalized spacial score (nSPS) is 10.7. The summed E-state index contributed by atoms with van der Waals surface area (Å²) in [5, 5.41) is 6.54. The molecule has 3 rings (SSSR count). The Morgan fingerprint density at radius 1 is 1.12 bits per heavy atom. The molecule has 0 unspecified atom stereocenters. The van der Waals surface area contributed by atoms with Crippen LogP contribution in [-0.2, 0) is 4.74 Å². The molecule has 2 N–H and O–H groups in total. The average Bonchev–Trinajstić information content (AvgIpc) is 3.06. The molecule has 0 saturated heterocycles. The van der Waals surface area contributed by atoms with Crippen LogP contribution in [0.4, 0.5) is 19.5 Å². The fourth-order valence-electron chi connectivity index (χ4n) is 3.18. The van der Waals surface area contributed by atoms with Gasteiger partial charge >= 0.3 is 12.6 Å². The van der Waals surface area contributed by atoms with Crippen LogP contribution in [0.1, 0.15) is 27.7 Å². The first-order chi connectivity index (χ1) is 15.3. The van der Waals surface area contributed by atoms with Gasteiger partial charge in [-0.25, -0.2) is 4.79 Å². The zero-order valence-corrected chi connectivity index (χ0v) is 19.3. The van der Waals surface area contributed by atoms with Crippen LogP contribution in [0.3, 0.4) is 0 Å². The van der Waals surface area contributed by atoms with Gasteiger partial charge in [0.05, 0.1) is 12.3 Å². The highest BCUT2D eigenvalue weighted by Gasteiger charge is 2.25. The van der Waals surface area contributed by atoms with Gasteiger partial charge in [0.15, 0.2) is 5.11 Å². The molecule has 0 bridgehead atoms. The Hall–Kier alpha value is -3.04. The lowest BCUT2D eigenvalue weighted by atomic mass is 10.0. The number of anilines is 2. The number of hydrogen-bond donors (Lipinski definition) is 2. The number of halogens is 2. The zero-order chi connectivity index (χ0) is 23.3. The van der Waals surface area contributed by atoms with Crippen molar-refractivity contribution < 1.29 is 23.0 Å². The SMILES string of the molecule is CCOC(=O)c1c(NC(=S)Nc2cc(C)ccc2OC(F)F)sc(C)c1-c1ccccc1. The number of hydrogen-bond acceptors (Lipinski definition) is 5. The van der Waals surface area contributed by atoms with Crippen molar-refractivity contribution in [3.05, 3.63) is 64.5 Å². The molecule has 0 aliphatic heterocycles. The van der Waals surface area contributed by atoms with Crippen molar-refractivity contribution in [1.29, 1.82) is 0 Å². The Kier molecular flexibility index (Phi) is 7.76. The summed E-state index contributed by atoms with van der Waals surface area (Å²) in [6.45, 7) is 2.72. The van der Waals surface area contributed by atoms with Crippen molar-refractivity contribution in [3.63, 3.8) is 0 Å². The van der Waals surface area contributed by atoms with Crippen molar-refractivity contribution in [1.82, 2.24) is 0 Å². The van der Waals surface area contributed by atoms with Gasteiger partial charge in [0.25, 0.3) is 0 Å². The van der Waals surface area contributed by atoms with Gasteiger partial charge in [0.1, 0.15) is 16.3 Å². The molecule has 5 nitrogen and oxygen atoms in total. The Bertz CT molecular complexity index is 1120. The maximum atomic E-state index is 12.8. The molecule has 0 aliphatic carbocycles.